The molecule has 8 heteroatoms. The number of benzene rings is 2. The van der Waals surface area contributed by atoms with Crippen molar-refractivity contribution in [3.05, 3.63) is 76.0 Å². The highest BCUT2D eigenvalue weighted by Crippen LogP contribution is 2.24. The van der Waals surface area contributed by atoms with Gasteiger partial charge in [0.05, 0.1) is 4.92 Å². The van der Waals surface area contributed by atoms with Gasteiger partial charge in [-0.05, 0) is 24.6 Å². The van der Waals surface area contributed by atoms with E-state index in [2.05, 4.69) is 15.3 Å². The van der Waals surface area contributed by atoms with Crippen molar-refractivity contribution in [1.29, 1.82) is 0 Å². The van der Waals surface area contributed by atoms with Crippen molar-refractivity contribution in [3.63, 3.8) is 0 Å². The van der Waals surface area contributed by atoms with E-state index in [0.717, 1.165) is 16.9 Å². The molecular weight excluding hydrogens is 364 g/mol. The molecule has 0 radical (unpaired) electrons. The van der Waals surface area contributed by atoms with E-state index in [4.69, 9.17) is 0 Å². The summed E-state index contributed by atoms with van der Waals surface area (Å²) in [6.07, 6.45) is 1.67. The molecule has 0 spiro atoms. The number of anilines is 2. The van der Waals surface area contributed by atoms with Gasteiger partial charge in [-0.15, -0.1) is 0 Å². The molecule has 0 amide bonds. The number of nitro benzene ring substituents is 1. The van der Waals surface area contributed by atoms with E-state index in [-0.39, 0.29) is 5.69 Å². The smallest absolute Gasteiger partial charge is 0.270 e. The Balaban J connectivity index is 1.91. The molecule has 0 aliphatic carbocycles. The number of hydrogen-bond acceptors (Lipinski definition) is 6. The molecule has 1 N–H and O–H groups in total. The highest BCUT2D eigenvalue weighted by molar-refractivity contribution is 7.83. The van der Waals surface area contributed by atoms with E-state index < -0.39 is 15.7 Å². The average molecular weight is 382 g/mol. The van der Waals surface area contributed by atoms with E-state index in [1.54, 1.807) is 24.5 Å². The summed E-state index contributed by atoms with van der Waals surface area (Å²) in [4.78, 5) is 19.4. The predicted octanol–water partition coefficient (Wildman–Crippen LogP) is 3.98. The molecule has 0 aliphatic heterocycles. The van der Waals surface area contributed by atoms with Crippen LogP contribution in [0.2, 0.25) is 0 Å². The number of rotatable bonds is 6. The quantitative estimate of drug-likeness (QED) is 0.511. The van der Waals surface area contributed by atoms with E-state index in [1.165, 1.54) is 12.1 Å². The molecule has 3 aromatic rings. The minimum Gasteiger partial charge on any atom is -0.340 e. The number of hydrogen-bond donors (Lipinski definition) is 1. The van der Waals surface area contributed by atoms with Crippen LogP contribution in [0.15, 0.2) is 54.6 Å². The van der Waals surface area contributed by atoms with Crippen LogP contribution in [-0.2, 0) is 16.6 Å². The number of nitro groups is 1. The van der Waals surface area contributed by atoms with Gasteiger partial charge in [-0.1, -0.05) is 24.3 Å². The largest absolute Gasteiger partial charge is 0.340 e. The second-order valence-corrected chi connectivity index (χ2v) is 7.50. The minimum atomic E-state index is -0.918. The lowest BCUT2D eigenvalue weighted by molar-refractivity contribution is -0.384. The molecule has 0 fully saturated rings. The molecule has 0 bridgehead atoms. The van der Waals surface area contributed by atoms with E-state index >= 15 is 0 Å². The molecule has 3 rings (SSSR count). The maximum absolute atomic E-state index is 11.4. The highest BCUT2D eigenvalue weighted by atomic mass is 32.2. The molecule has 1 unspecified atom stereocenters. The fraction of sp³-hybridized carbons (Fsp3) is 0.158. The summed E-state index contributed by atoms with van der Waals surface area (Å²) in [5, 5.41) is 14.2. The predicted molar refractivity (Wildman–Crippen MR) is 106 cm³/mol. The normalized spacial score (nSPS) is 11.8. The summed E-state index contributed by atoms with van der Waals surface area (Å²) in [6.45, 7) is 1.84. The van der Waals surface area contributed by atoms with Gasteiger partial charge >= 0.3 is 0 Å². The first-order valence-electron chi connectivity index (χ1n) is 8.17. The summed E-state index contributed by atoms with van der Waals surface area (Å²) < 4.78 is 11.4. The topological polar surface area (TPSA) is 98.0 Å². The lowest BCUT2D eigenvalue weighted by Gasteiger charge is -2.10. The van der Waals surface area contributed by atoms with E-state index in [0.29, 0.717) is 23.0 Å². The highest BCUT2D eigenvalue weighted by Gasteiger charge is 2.11. The van der Waals surface area contributed by atoms with Gasteiger partial charge in [-0.25, -0.2) is 9.97 Å². The fourth-order valence-corrected chi connectivity index (χ4v) is 3.29. The number of nitrogens with one attached hydrogen (secondary N) is 1. The van der Waals surface area contributed by atoms with Crippen molar-refractivity contribution in [1.82, 2.24) is 9.97 Å². The Kier molecular flexibility index (Phi) is 5.56. The van der Waals surface area contributed by atoms with Crippen LogP contribution < -0.4 is 5.32 Å². The van der Waals surface area contributed by atoms with Crippen molar-refractivity contribution in [2.24, 2.45) is 0 Å². The first kappa shape index (κ1) is 18.7. The zero-order valence-corrected chi connectivity index (χ0v) is 15.7. The van der Waals surface area contributed by atoms with Gasteiger partial charge in [-0.3, -0.25) is 14.3 Å². The number of nitrogens with zero attached hydrogens (tertiary/aromatic N) is 3. The van der Waals surface area contributed by atoms with Crippen LogP contribution in [0, 0.1) is 17.0 Å². The summed E-state index contributed by atoms with van der Waals surface area (Å²) in [6, 6.07) is 15.7. The first-order valence-corrected chi connectivity index (χ1v) is 9.90. The van der Waals surface area contributed by atoms with Crippen LogP contribution in [-0.4, -0.2) is 25.4 Å². The third-order valence-electron chi connectivity index (χ3n) is 3.74. The Bertz CT molecular complexity index is 1020. The molecule has 2 aromatic carbocycles. The first-order chi connectivity index (χ1) is 12.9. The zero-order chi connectivity index (χ0) is 19.4. The molecule has 138 valence electrons. The van der Waals surface area contributed by atoms with Crippen LogP contribution in [0.25, 0.3) is 11.4 Å². The van der Waals surface area contributed by atoms with E-state index in [9.17, 15) is 14.3 Å². The lowest BCUT2D eigenvalue weighted by atomic mass is 10.2. The summed E-state index contributed by atoms with van der Waals surface area (Å²) in [5.41, 5.74) is 3.09. The van der Waals surface area contributed by atoms with Crippen molar-refractivity contribution in [3.8, 4) is 11.4 Å². The molecule has 1 atom stereocenters. The summed E-state index contributed by atoms with van der Waals surface area (Å²) in [7, 11) is -0.918. The maximum atomic E-state index is 11.4. The average Bonchev–Trinajstić information content (AvgIpc) is 2.61. The van der Waals surface area contributed by atoms with Gasteiger partial charge < -0.3 is 5.32 Å². The zero-order valence-electron chi connectivity index (χ0n) is 14.9. The Labute approximate surface area is 159 Å². The maximum Gasteiger partial charge on any atom is 0.270 e. The third-order valence-corrected chi connectivity index (χ3v) is 4.48. The Hall–Kier alpha value is -3.13. The van der Waals surface area contributed by atoms with Gasteiger partial charge in [0.15, 0.2) is 5.82 Å². The van der Waals surface area contributed by atoms with E-state index in [1.807, 2.05) is 31.2 Å². The van der Waals surface area contributed by atoms with Gasteiger partial charge in [0, 0.05) is 58.0 Å². The second kappa shape index (κ2) is 8.05. The van der Waals surface area contributed by atoms with Crippen LogP contribution in [0.4, 0.5) is 17.2 Å². The number of aryl methyl sites for hydroxylation is 1. The molecule has 27 heavy (non-hydrogen) atoms. The van der Waals surface area contributed by atoms with Gasteiger partial charge in [0.1, 0.15) is 5.82 Å². The van der Waals surface area contributed by atoms with Crippen LogP contribution >= 0.6 is 0 Å². The lowest BCUT2D eigenvalue weighted by Crippen LogP contribution is -2.00. The van der Waals surface area contributed by atoms with Crippen LogP contribution in [0.1, 0.15) is 11.3 Å². The van der Waals surface area contributed by atoms with Gasteiger partial charge in [-0.2, -0.15) is 0 Å². The van der Waals surface area contributed by atoms with Crippen molar-refractivity contribution in [2.75, 3.05) is 11.6 Å². The molecule has 7 nitrogen and oxygen atoms in total. The Morgan fingerprint density at radius 3 is 2.63 bits per heavy atom. The summed E-state index contributed by atoms with van der Waals surface area (Å²) >= 11 is 0. The Morgan fingerprint density at radius 2 is 1.89 bits per heavy atom. The molecule has 0 aliphatic rings. The van der Waals surface area contributed by atoms with Crippen LogP contribution in [0.5, 0.6) is 0 Å². The molecule has 1 aromatic heterocycles. The van der Waals surface area contributed by atoms with Crippen LogP contribution in [0.3, 0.4) is 0 Å². The fourth-order valence-electron chi connectivity index (χ4n) is 2.64. The van der Waals surface area contributed by atoms with Crippen molar-refractivity contribution < 1.29 is 9.13 Å². The van der Waals surface area contributed by atoms with Gasteiger partial charge in [0.25, 0.3) is 5.69 Å². The summed E-state index contributed by atoms with van der Waals surface area (Å²) in [5.74, 6) is 1.47. The number of aromatic nitrogens is 2. The van der Waals surface area contributed by atoms with Crippen molar-refractivity contribution in [2.45, 2.75) is 12.7 Å². The molecule has 0 saturated heterocycles. The minimum absolute atomic E-state index is 0.00705. The molecule has 1 heterocycles. The Morgan fingerprint density at radius 1 is 1.11 bits per heavy atom. The van der Waals surface area contributed by atoms with Crippen molar-refractivity contribution >= 4 is 28.0 Å². The van der Waals surface area contributed by atoms with Gasteiger partial charge in [0.2, 0.25) is 0 Å². The number of non-ortho nitro benzene ring substituents is 1. The second-order valence-electron chi connectivity index (χ2n) is 6.07. The monoisotopic (exact) mass is 382 g/mol. The third kappa shape index (κ3) is 4.95. The standard InChI is InChI=1S/C19H18N4O3S/c1-13-9-18(21-16-7-3-5-14(10-16)12-27(2)26)22-19(20-13)15-6-4-8-17(11-15)23(24)25/h3-11H,12H2,1-2H3,(H,20,21,22). The molecule has 0 saturated carbocycles. The SMILES string of the molecule is Cc1cc(Nc2cccc(CS(C)=O)c2)nc(-c2cccc([N+](=O)[O-])c2)n1. The molecular formula is C19H18N4O3S.